The molecule has 7 heteroatoms. The summed E-state index contributed by atoms with van der Waals surface area (Å²) in [6.45, 7) is 7.01. The molecule has 7 rings (SSSR count). The normalized spacial score (nSPS) is 23.8. The topological polar surface area (TPSA) is 66.4 Å². The first-order valence-electron chi connectivity index (χ1n) is 14.1. The zero-order chi connectivity index (χ0) is 25.6. The van der Waals surface area contributed by atoms with Crippen LogP contribution in [0.4, 0.5) is 5.82 Å². The highest BCUT2D eigenvalue weighted by molar-refractivity contribution is 6.00. The maximum atomic E-state index is 6.30. The number of likely N-dealkylation sites (N-methyl/N-ethyl adjacent to an activating group) is 1. The highest BCUT2D eigenvalue weighted by atomic mass is 16.5. The Hall–Kier alpha value is -3.29. The Morgan fingerprint density at radius 1 is 1.08 bits per heavy atom. The number of rotatable bonds is 5. The van der Waals surface area contributed by atoms with E-state index < -0.39 is 0 Å². The summed E-state index contributed by atoms with van der Waals surface area (Å²) in [5.41, 5.74) is 4.21. The monoisotopic (exact) mass is 508 g/mol. The van der Waals surface area contributed by atoms with Gasteiger partial charge in [-0.25, -0.2) is 0 Å². The molecule has 4 aromatic rings. The van der Waals surface area contributed by atoms with Crippen LogP contribution in [0.3, 0.4) is 0 Å². The smallest absolute Gasteiger partial charge is 0.319 e. The lowest BCUT2D eigenvalue weighted by atomic mass is 9.97. The zero-order valence-corrected chi connectivity index (χ0v) is 22.4. The van der Waals surface area contributed by atoms with Crippen molar-refractivity contribution in [2.75, 3.05) is 44.7 Å². The number of benzene rings is 2. The van der Waals surface area contributed by atoms with E-state index in [1.807, 2.05) is 6.20 Å². The van der Waals surface area contributed by atoms with Crippen LogP contribution >= 0.6 is 0 Å². The Bertz CT molecular complexity index is 1480. The Labute approximate surface area is 224 Å². The Morgan fingerprint density at radius 3 is 2.84 bits per heavy atom. The van der Waals surface area contributed by atoms with Crippen LogP contribution in [0.2, 0.25) is 0 Å². The van der Waals surface area contributed by atoms with Crippen molar-refractivity contribution >= 4 is 27.5 Å². The van der Waals surface area contributed by atoms with Crippen LogP contribution in [0.15, 0.2) is 48.7 Å². The van der Waals surface area contributed by atoms with Gasteiger partial charge in [-0.15, -0.1) is 0 Å². The molecule has 2 bridgehead atoms. The van der Waals surface area contributed by atoms with Crippen LogP contribution < -0.4 is 15.0 Å². The summed E-state index contributed by atoms with van der Waals surface area (Å²) in [4.78, 5) is 19.7. The van der Waals surface area contributed by atoms with E-state index in [9.17, 15) is 0 Å². The van der Waals surface area contributed by atoms with Crippen molar-refractivity contribution in [3.63, 3.8) is 0 Å². The number of pyridine rings is 1. The standard InChI is InChI=1S/C31H36N6O/c1-20-6-3-7-22-8-4-10-25(29(20)22)27-15-28-26(17-33-27)30(37-13-11-21-14-23(18-37)32-16-21)35-31(34-28)38-19-24-9-5-12-36(24)2/h3-4,6-8,10,15,17,21,23-24,32H,5,9,11-14,16,18-19H2,1-2H3/t21?,23?,24-/m0/s1. The molecule has 0 amide bonds. The lowest BCUT2D eigenvalue weighted by Gasteiger charge is -2.27. The van der Waals surface area contributed by atoms with E-state index in [0.717, 1.165) is 66.5 Å². The first kappa shape index (κ1) is 23.8. The fraction of sp³-hybridized carbons (Fsp3) is 0.452. The lowest BCUT2D eigenvalue weighted by molar-refractivity contribution is 0.188. The third-order valence-corrected chi connectivity index (χ3v) is 8.87. The zero-order valence-electron chi connectivity index (χ0n) is 22.4. The molecule has 0 spiro atoms. The number of likely N-dealkylation sites (tertiary alicyclic amines) is 1. The Kier molecular flexibility index (Phi) is 6.13. The number of nitrogens with one attached hydrogen (secondary N) is 1. The summed E-state index contributed by atoms with van der Waals surface area (Å²) in [6.07, 6.45) is 6.78. The van der Waals surface area contributed by atoms with E-state index in [-0.39, 0.29) is 0 Å². The van der Waals surface area contributed by atoms with E-state index in [2.05, 4.69) is 71.6 Å². The molecular weight excluding hydrogens is 472 g/mol. The molecule has 38 heavy (non-hydrogen) atoms. The van der Waals surface area contributed by atoms with Crippen LogP contribution in [0, 0.1) is 12.8 Å². The van der Waals surface area contributed by atoms with Gasteiger partial charge < -0.3 is 19.9 Å². The van der Waals surface area contributed by atoms with Crippen molar-refractivity contribution in [3.05, 3.63) is 54.2 Å². The van der Waals surface area contributed by atoms with Crippen molar-refractivity contribution in [1.29, 1.82) is 0 Å². The maximum absolute atomic E-state index is 6.30. The third kappa shape index (κ3) is 4.37. The molecule has 3 aliphatic rings. The number of aromatic nitrogens is 3. The Morgan fingerprint density at radius 2 is 1.97 bits per heavy atom. The molecule has 7 nitrogen and oxygen atoms in total. The van der Waals surface area contributed by atoms with Crippen molar-refractivity contribution in [3.8, 4) is 17.3 Å². The van der Waals surface area contributed by atoms with Gasteiger partial charge >= 0.3 is 6.01 Å². The summed E-state index contributed by atoms with van der Waals surface area (Å²) < 4.78 is 6.30. The largest absolute Gasteiger partial charge is 0.462 e. The van der Waals surface area contributed by atoms with Crippen LogP contribution in [-0.4, -0.2) is 71.8 Å². The molecule has 0 radical (unpaired) electrons. The second-order valence-electron chi connectivity index (χ2n) is 11.4. The molecule has 3 fully saturated rings. The van der Waals surface area contributed by atoms with Gasteiger partial charge in [-0.05, 0) is 81.1 Å². The predicted octanol–water partition coefficient (Wildman–Crippen LogP) is 4.81. The van der Waals surface area contributed by atoms with Gasteiger partial charge in [-0.1, -0.05) is 36.4 Å². The number of fused-ring (bicyclic) bond motifs is 4. The number of nitrogens with zero attached hydrogens (tertiary/aromatic N) is 5. The first-order valence-corrected chi connectivity index (χ1v) is 14.1. The van der Waals surface area contributed by atoms with E-state index in [1.165, 1.54) is 35.6 Å². The summed E-state index contributed by atoms with van der Waals surface area (Å²) >= 11 is 0. The number of hydrogen-bond donors (Lipinski definition) is 1. The van der Waals surface area contributed by atoms with Gasteiger partial charge in [0.15, 0.2) is 0 Å². The van der Waals surface area contributed by atoms with E-state index in [1.54, 1.807) is 0 Å². The van der Waals surface area contributed by atoms with Crippen molar-refractivity contribution in [2.24, 2.45) is 5.92 Å². The molecule has 1 N–H and O–H groups in total. The van der Waals surface area contributed by atoms with E-state index in [0.29, 0.717) is 24.7 Å². The van der Waals surface area contributed by atoms with E-state index in [4.69, 9.17) is 19.7 Å². The lowest BCUT2D eigenvalue weighted by Crippen LogP contribution is -2.39. The van der Waals surface area contributed by atoms with Gasteiger partial charge in [-0.2, -0.15) is 9.97 Å². The van der Waals surface area contributed by atoms with Crippen LogP contribution in [0.25, 0.3) is 32.9 Å². The van der Waals surface area contributed by atoms with Gasteiger partial charge in [0.1, 0.15) is 12.4 Å². The molecule has 3 saturated heterocycles. The van der Waals surface area contributed by atoms with Gasteiger partial charge in [0.05, 0.1) is 16.6 Å². The van der Waals surface area contributed by atoms with Crippen LogP contribution in [0.1, 0.15) is 31.2 Å². The third-order valence-electron chi connectivity index (χ3n) is 8.87. The highest BCUT2D eigenvalue weighted by Gasteiger charge is 2.31. The van der Waals surface area contributed by atoms with Gasteiger partial charge in [-0.3, -0.25) is 4.98 Å². The van der Waals surface area contributed by atoms with Crippen molar-refractivity contribution < 1.29 is 4.74 Å². The quantitative estimate of drug-likeness (QED) is 0.415. The summed E-state index contributed by atoms with van der Waals surface area (Å²) in [7, 11) is 2.18. The summed E-state index contributed by atoms with van der Waals surface area (Å²) in [6, 6.07) is 16.4. The van der Waals surface area contributed by atoms with Crippen molar-refractivity contribution in [1.82, 2.24) is 25.2 Å². The molecule has 2 unspecified atom stereocenters. The van der Waals surface area contributed by atoms with Crippen LogP contribution in [-0.2, 0) is 0 Å². The molecule has 0 aliphatic carbocycles. The second kappa shape index (κ2) is 9.79. The molecular formula is C31H36N6O. The first-order chi connectivity index (χ1) is 18.6. The molecule has 5 heterocycles. The predicted molar refractivity (Wildman–Crippen MR) is 153 cm³/mol. The molecule has 3 atom stereocenters. The maximum Gasteiger partial charge on any atom is 0.319 e. The summed E-state index contributed by atoms with van der Waals surface area (Å²) in [5.74, 6) is 1.71. The molecule has 196 valence electrons. The molecule has 0 saturated carbocycles. The molecule has 2 aromatic carbocycles. The van der Waals surface area contributed by atoms with Gasteiger partial charge in [0.25, 0.3) is 0 Å². The number of ether oxygens (including phenoxy) is 1. The number of aryl methyl sites for hydroxylation is 1. The van der Waals surface area contributed by atoms with Crippen molar-refractivity contribution in [2.45, 2.75) is 44.7 Å². The van der Waals surface area contributed by atoms with E-state index >= 15 is 0 Å². The number of hydrogen-bond acceptors (Lipinski definition) is 7. The minimum absolute atomic E-state index is 0.419. The Balaban J connectivity index is 1.31. The van der Waals surface area contributed by atoms with Gasteiger partial charge in [0, 0.05) is 36.9 Å². The minimum atomic E-state index is 0.419. The average molecular weight is 509 g/mol. The average Bonchev–Trinajstić information content (AvgIpc) is 3.50. The number of anilines is 1. The SMILES string of the molecule is Cc1cccc2cccc(-c3cc4nc(OC[C@@H]5CCCN5C)nc(N5CCC6CNC(C6)C5)c4cn3)c12. The fourth-order valence-corrected chi connectivity index (χ4v) is 6.69. The highest BCUT2D eigenvalue weighted by Crippen LogP contribution is 2.35. The minimum Gasteiger partial charge on any atom is -0.462 e. The molecule has 3 aliphatic heterocycles. The summed E-state index contributed by atoms with van der Waals surface area (Å²) in [5, 5.41) is 7.17. The molecule has 2 aromatic heterocycles. The van der Waals surface area contributed by atoms with Crippen LogP contribution in [0.5, 0.6) is 6.01 Å². The fourth-order valence-electron chi connectivity index (χ4n) is 6.69. The van der Waals surface area contributed by atoms with Gasteiger partial charge in [0.2, 0.25) is 0 Å². The second-order valence-corrected chi connectivity index (χ2v) is 11.4.